The van der Waals surface area contributed by atoms with Gasteiger partial charge in [0.2, 0.25) is 0 Å². The summed E-state index contributed by atoms with van der Waals surface area (Å²) in [6, 6.07) is 0. The number of hydrogen-bond acceptors (Lipinski definition) is 3. The Morgan fingerprint density at radius 1 is 1.27 bits per heavy atom. The zero-order valence-electron chi connectivity index (χ0n) is 10.1. The van der Waals surface area contributed by atoms with Crippen LogP contribution < -0.4 is 0 Å². The first-order valence-corrected chi connectivity index (χ1v) is 5.46. The van der Waals surface area contributed by atoms with Gasteiger partial charge in [-0.3, -0.25) is 0 Å². The average molecular weight is 214 g/mol. The zero-order valence-corrected chi connectivity index (χ0v) is 10.1. The van der Waals surface area contributed by atoms with E-state index < -0.39 is 0 Å². The molecule has 0 radical (unpaired) electrons. The van der Waals surface area contributed by atoms with Gasteiger partial charge in [0.05, 0.1) is 19.3 Å². The maximum Gasteiger partial charge on any atom is 0.0656 e. The van der Waals surface area contributed by atoms with Gasteiger partial charge in [-0.05, 0) is 6.92 Å². The van der Waals surface area contributed by atoms with Crippen molar-refractivity contribution in [2.45, 2.75) is 20.0 Å². The summed E-state index contributed by atoms with van der Waals surface area (Å²) in [5.74, 6) is 0.634. The molecule has 1 rings (SSSR count). The number of aliphatic hydroxyl groups excluding tert-OH is 1. The third kappa shape index (κ3) is 2.80. The molecule has 1 aliphatic rings. The molecule has 0 saturated carbocycles. The Kier molecular flexibility index (Phi) is 4.77. The Morgan fingerprint density at radius 2 is 1.87 bits per heavy atom. The fourth-order valence-electron chi connectivity index (χ4n) is 2.44. The molecule has 0 unspecified atom stereocenters. The number of methoxy groups -OCH3 is 2. The second-order valence-corrected chi connectivity index (χ2v) is 4.44. The number of hydrogen-bond donors (Lipinski definition) is 1. The minimum absolute atomic E-state index is 0.148. The van der Waals surface area contributed by atoms with Crippen molar-refractivity contribution >= 4 is 0 Å². The van der Waals surface area contributed by atoms with Crippen molar-refractivity contribution in [3.8, 4) is 0 Å². The fraction of sp³-hybridized carbons (Fsp3) is 0.833. The van der Waals surface area contributed by atoms with Crippen molar-refractivity contribution in [1.82, 2.24) is 0 Å². The molecule has 0 aromatic rings. The SMILES string of the molecule is COC[C@H]1[C@@H](O)[C@@H](C)C=C(C)[C@H]1COC. The van der Waals surface area contributed by atoms with Crippen LogP contribution in [0.3, 0.4) is 0 Å². The van der Waals surface area contributed by atoms with Gasteiger partial charge in [-0.25, -0.2) is 0 Å². The highest BCUT2D eigenvalue weighted by atomic mass is 16.5. The third-order valence-corrected chi connectivity index (χ3v) is 3.31. The highest BCUT2D eigenvalue weighted by molar-refractivity contribution is 5.14. The summed E-state index contributed by atoms with van der Waals surface area (Å²) in [7, 11) is 3.37. The highest BCUT2D eigenvalue weighted by Crippen LogP contribution is 2.34. The lowest BCUT2D eigenvalue weighted by molar-refractivity contribution is -0.0204. The van der Waals surface area contributed by atoms with E-state index in [2.05, 4.69) is 13.0 Å². The summed E-state index contributed by atoms with van der Waals surface area (Å²) in [5.41, 5.74) is 1.30. The van der Waals surface area contributed by atoms with Crippen LogP contribution in [0.5, 0.6) is 0 Å². The van der Waals surface area contributed by atoms with Crippen LogP contribution in [0.15, 0.2) is 11.6 Å². The van der Waals surface area contributed by atoms with E-state index in [0.717, 1.165) is 0 Å². The monoisotopic (exact) mass is 214 g/mol. The highest BCUT2D eigenvalue weighted by Gasteiger charge is 2.35. The molecule has 0 amide bonds. The van der Waals surface area contributed by atoms with Gasteiger partial charge in [-0.1, -0.05) is 18.6 Å². The molecule has 1 aliphatic carbocycles. The van der Waals surface area contributed by atoms with Crippen molar-refractivity contribution in [3.05, 3.63) is 11.6 Å². The molecule has 0 aromatic heterocycles. The first kappa shape index (κ1) is 12.7. The lowest BCUT2D eigenvalue weighted by Crippen LogP contribution is -2.41. The topological polar surface area (TPSA) is 38.7 Å². The number of ether oxygens (including phenoxy) is 2. The number of aliphatic hydroxyl groups is 1. The quantitative estimate of drug-likeness (QED) is 0.720. The molecule has 3 nitrogen and oxygen atoms in total. The molecule has 3 heteroatoms. The van der Waals surface area contributed by atoms with E-state index in [-0.39, 0.29) is 23.9 Å². The van der Waals surface area contributed by atoms with E-state index in [4.69, 9.17) is 9.47 Å². The van der Waals surface area contributed by atoms with E-state index in [9.17, 15) is 5.11 Å². The fourth-order valence-corrected chi connectivity index (χ4v) is 2.44. The Labute approximate surface area is 92.1 Å². The predicted octanol–water partition coefficient (Wildman–Crippen LogP) is 1.47. The van der Waals surface area contributed by atoms with Crippen LogP contribution in [0.4, 0.5) is 0 Å². The van der Waals surface area contributed by atoms with Crippen molar-refractivity contribution < 1.29 is 14.6 Å². The standard InChI is InChI=1S/C12H22O3/c1-8-5-9(2)12(13)11(7-15-4)10(8)6-14-3/h5,9-13H,6-7H2,1-4H3/t9-,10+,11+,12-/m0/s1. The molecule has 0 aromatic carbocycles. The normalized spacial score (nSPS) is 36.5. The molecule has 4 atom stereocenters. The number of rotatable bonds is 4. The molecular formula is C12H22O3. The molecule has 88 valence electrons. The first-order valence-electron chi connectivity index (χ1n) is 5.46. The van der Waals surface area contributed by atoms with Gasteiger partial charge in [0.1, 0.15) is 0 Å². The minimum atomic E-state index is -0.325. The molecule has 0 fully saturated rings. The van der Waals surface area contributed by atoms with E-state index in [1.54, 1.807) is 14.2 Å². The molecule has 0 saturated heterocycles. The second-order valence-electron chi connectivity index (χ2n) is 4.44. The largest absolute Gasteiger partial charge is 0.392 e. The molecular weight excluding hydrogens is 192 g/mol. The maximum atomic E-state index is 10.1. The summed E-state index contributed by atoms with van der Waals surface area (Å²) in [6.45, 7) is 5.39. The summed E-state index contributed by atoms with van der Waals surface area (Å²) < 4.78 is 10.4. The Hall–Kier alpha value is -0.380. The van der Waals surface area contributed by atoms with Gasteiger partial charge >= 0.3 is 0 Å². The van der Waals surface area contributed by atoms with Crippen molar-refractivity contribution in [2.75, 3.05) is 27.4 Å². The average Bonchev–Trinajstić information content (AvgIpc) is 2.20. The second kappa shape index (κ2) is 5.64. The summed E-state index contributed by atoms with van der Waals surface area (Å²) in [6.07, 6.45) is 1.81. The Balaban J connectivity index is 2.82. The summed E-state index contributed by atoms with van der Waals surface area (Å²) in [5, 5.41) is 10.1. The van der Waals surface area contributed by atoms with Gasteiger partial charge in [0, 0.05) is 32.0 Å². The van der Waals surface area contributed by atoms with Crippen LogP contribution in [0, 0.1) is 17.8 Å². The zero-order chi connectivity index (χ0) is 11.4. The van der Waals surface area contributed by atoms with Gasteiger partial charge < -0.3 is 14.6 Å². The molecule has 0 aliphatic heterocycles. The minimum Gasteiger partial charge on any atom is -0.392 e. The lowest BCUT2D eigenvalue weighted by atomic mass is 9.74. The van der Waals surface area contributed by atoms with Crippen LogP contribution in [0.25, 0.3) is 0 Å². The van der Waals surface area contributed by atoms with Gasteiger partial charge in [-0.2, -0.15) is 0 Å². The van der Waals surface area contributed by atoms with Crippen LogP contribution in [-0.4, -0.2) is 38.6 Å². The first-order chi connectivity index (χ1) is 7.11. The lowest BCUT2D eigenvalue weighted by Gasteiger charge is -2.37. The molecule has 0 heterocycles. The van der Waals surface area contributed by atoms with Crippen molar-refractivity contribution in [1.29, 1.82) is 0 Å². The molecule has 0 bridgehead atoms. The van der Waals surface area contributed by atoms with E-state index in [1.807, 2.05) is 6.92 Å². The van der Waals surface area contributed by atoms with Gasteiger partial charge in [-0.15, -0.1) is 0 Å². The molecule has 15 heavy (non-hydrogen) atoms. The van der Waals surface area contributed by atoms with E-state index in [0.29, 0.717) is 13.2 Å². The Morgan fingerprint density at radius 3 is 2.40 bits per heavy atom. The van der Waals surface area contributed by atoms with Crippen LogP contribution in [-0.2, 0) is 9.47 Å². The summed E-state index contributed by atoms with van der Waals surface area (Å²) in [4.78, 5) is 0. The van der Waals surface area contributed by atoms with Crippen molar-refractivity contribution in [2.24, 2.45) is 17.8 Å². The maximum absolute atomic E-state index is 10.1. The molecule has 1 N–H and O–H groups in total. The smallest absolute Gasteiger partial charge is 0.0656 e. The van der Waals surface area contributed by atoms with E-state index in [1.165, 1.54) is 5.57 Å². The third-order valence-electron chi connectivity index (χ3n) is 3.31. The molecule has 0 spiro atoms. The van der Waals surface area contributed by atoms with Gasteiger partial charge in [0.15, 0.2) is 0 Å². The van der Waals surface area contributed by atoms with E-state index >= 15 is 0 Å². The van der Waals surface area contributed by atoms with Crippen molar-refractivity contribution in [3.63, 3.8) is 0 Å². The van der Waals surface area contributed by atoms with Gasteiger partial charge in [0.25, 0.3) is 0 Å². The van der Waals surface area contributed by atoms with Crippen LogP contribution in [0.1, 0.15) is 13.8 Å². The predicted molar refractivity (Wildman–Crippen MR) is 59.7 cm³/mol. The Bertz CT molecular complexity index is 225. The van der Waals surface area contributed by atoms with Crippen LogP contribution >= 0.6 is 0 Å². The van der Waals surface area contributed by atoms with Crippen LogP contribution in [0.2, 0.25) is 0 Å². The summed E-state index contributed by atoms with van der Waals surface area (Å²) >= 11 is 0.